The van der Waals surface area contributed by atoms with E-state index in [2.05, 4.69) is 26.2 Å². The van der Waals surface area contributed by atoms with Crippen LogP contribution in [0.2, 0.25) is 0 Å². The van der Waals surface area contributed by atoms with Crippen molar-refractivity contribution in [3.63, 3.8) is 0 Å². The highest BCUT2D eigenvalue weighted by atomic mass is 79.9. The Morgan fingerprint density at radius 1 is 1.39 bits per heavy atom. The molecule has 1 amide bonds. The van der Waals surface area contributed by atoms with Gasteiger partial charge in [-0.25, -0.2) is 4.39 Å². The van der Waals surface area contributed by atoms with E-state index in [1.165, 1.54) is 18.2 Å². The number of amides is 1. The molecule has 0 fully saturated rings. The minimum atomic E-state index is -0.373. The fraction of sp³-hybridized carbons (Fsp3) is 0.0769. The van der Waals surface area contributed by atoms with Crippen LogP contribution < -0.4 is 5.32 Å². The lowest BCUT2D eigenvalue weighted by molar-refractivity contribution is 0.102. The third kappa shape index (κ3) is 2.73. The molecule has 1 aromatic carbocycles. The van der Waals surface area contributed by atoms with E-state index in [4.69, 9.17) is 0 Å². The number of anilines is 1. The third-order valence-corrected chi connectivity index (χ3v) is 3.01. The lowest BCUT2D eigenvalue weighted by Crippen LogP contribution is -2.15. The monoisotopic (exact) mass is 308 g/mol. The Morgan fingerprint density at radius 2 is 2.17 bits per heavy atom. The van der Waals surface area contributed by atoms with Crippen LogP contribution in [0, 0.1) is 12.7 Å². The van der Waals surface area contributed by atoms with Gasteiger partial charge in [-0.3, -0.25) is 9.78 Å². The summed E-state index contributed by atoms with van der Waals surface area (Å²) in [6, 6.07) is 7.86. The predicted octanol–water partition coefficient (Wildman–Crippen LogP) is 3.54. The predicted molar refractivity (Wildman–Crippen MR) is 71.0 cm³/mol. The number of nitrogens with zero attached hydrogens (tertiary/aromatic N) is 1. The highest BCUT2D eigenvalue weighted by Gasteiger charge is 2.10. The number of benzene rings is 1. The molecule has 0 aliphatic heterocycles. The number of nitrogens with one attached hydrogen (secondary N) is 1. The Labute approximate surface area is 112 Å². The van der Waals surface area contributed by atoms with Crippen molar-refractivity contribution in [2.45, 2.75) is 6.92 Å². The van der Waals surface area contributed by atoms with Crippen molar-refractivity contribution < 1.29 is 9.18 Å². The molecule has 0 spiro atoms. The first-order valence-corrected chi connectivity index (χ1v) is 6.05. The molecule has 0 saturated carbocycles. The minimum absolute atomic E-state index is 0.304. The van der Waals surface area contributed by atoms with Gasteiger partial charge in [0, 0.05) is 11.9 Å². The van der Waals surface area contributed by atoms with Crippen molar-refractivity contribution in [1.82, 2.24) is 4.98 Å². The first-order chi connectivity index (χ1) is 8.58. The number of aromatic nitrogens is 1. The normalized spacial score (nSPS) is 10.2. The van der Waals surface area contributed by atoms with Crippen molar-refractivity contribution in [2.24, 2.45) is 0 Å². The number of aryl methyl sites for hydroxylation is 1. The van der Waals surface area contributed by atoms with Crippen molar-refractivity contribution in [2.75, 3.05) is 5.32 Å². The molecule has 0 bridgehead atoms. The van der Waals surface area contributed by atoms with Crippen LogP contribution in [0.15, 0.2) is 41.0 Å². The Kier molecular flexibility index (Phi) is 3.72. The van der Waals surface area contributed by atoms with E-state index in [9.17, 15) is 9.18 Å². The van der Waals surface area contributed by atoms with Gasteiger partial charge in [0.05, 0.1) is 4.47 Å². The molecule has 92 valence electrons. The molecular weight excluding hydrogens is 299 g/mol. The highest BCUT2D eigenvalue weighted by molar-refractivity contribution is 9.10. The maximum Gasteiger partial charge on any atom is 0.274 e. The average molecular weight is 309 g/mol. The van der Waals surface area contributed by atoms with Crippen LogP contribution >= 0.6 is 15.9 Å². The number of halogens is 2. The smallest absolute Gasteiger partial charge is 0.274 e. The van der Waals surface area contributed by atoms with Crippen LogP contribution in [-0.2, 0) is 0 Å². The van der Waals surface area contributed by atoms with Crippen molar-refractivity contribution in [3.05, 3.63) is 58.1 Å². The van der Waals surface area contributed by atoms with Gasteiger partial charge in [-0.1, -0.05) is 6.07 Å². The number of hydrogen-bond donors (Lipinski definition) is 1. The molecule has 0 aliphatic rings. The van der Waals surface area contributed by atoms with Gasteiger partial charge < -0.3 is 5.32 Å². The first-order valence-electron chi connectivity index (χ1n) is 5.26. The second-order valence-corrected chi connectivity index (χ2v) is 4.61. The average Bonchev–Trinajstić information content (AvgIpc) is 2.34. The van der Waals surface area contributed by atoms with E-state index in [1.807, 2.05) is 13.0 Å². The molecule has 1 aromatic heterocycles. The molecule has 5 heteroatoms. The number of hydrogen-bond acceptors (Lipinski definition) is 2. The lowest BCUT2D eigenvalue weighted by atomic mass is 10.2. The fourth-order valence-corrected chi connectivity index (χ4v) is 1.87. The van der Waals surface area contributed by atoms with E-state index >= 15 is 0 Å². The molecule has 2 aromatic rings. The Balaban J connectivity index is 2.22. The van der Waals surface area contributed by atoms with Gasteiger partial charge in [-0.05, 0) is 52.7 Å². The summed E-state index contributed by atoms with van der Waals surface area (Å²) in [5.41, 5.74) is 1.66. The first kappa shape index (κ1) is 12.7. The van der Waals surface area contributed by atoms with Gasteiger partial charge in [0.25, 0.3) is 5.91 Å². The van der Waals surface area contributed by atoms with Crippen LogP contribution in [0.4, 0.5) is 10.1 Å². The van der Waals surface area contributed by atoms with Gasteiger partial charge in [-0.2, -0.15) is 0 Å². The standard InChI is InChI=1S/C13H10BrFN2O/c1-8-3-2-6-16-12(8)13(18)17-9-4-5-11(15)10(14)7-9/h2-7H,1H3,(H,17,18). The van der Waals surface area contributed by atoms with Crippen LogP contribution in [0.5, 0.6) is 0 Å². The summed E-state index contributed by atoms with van der Waals surface area (Å²) in [6.45, 7) is 1.81. The van der Waals surface area contributed by atoms with E-state index in [0.717, 1.165) is 5.56 Å². The molecule has 3 nitrogen and oxygen atoms in total. The Bertz CT molecular complexity index is 601. The molecule has 0 saturated heterocycles. The lowest BCUT2D eigenvalue weighted by Gasteiger charge is -2.07. The topological polar surface area (TPSA) is 42.0 Å². The van der Waals surface area contributed by atoms with E-state index in [0.29, 0.717) is 15.9 Å². The number of carbonyl (C=O) groups excluding carboxylic acids is 1. The molecule has 0 atom stereocenters. The van der Waals surface area contributed by atoms with E-state index < -0.39 is 0 Å². The molecule has 1 heterocycles. The van der Waals surface area contributed by atoms with Gasteiger partial charge in [0.2, 0.25) is 0 Å². The van der Waals surface area contributed by atoms with Crippen LogP contribution in [0.1, 0.15) is 16.1 Å². The van der Waals surface area contributed by atoms with Gasteiger partial charge in [0.15, 0.2) is 0 Å². The fourth-order valence-electron chi connectivity index (χ4n) is 1.49. The maximum absolute atomic E-state index is 13.1. The molecule has 0 unspecified atom stereocenters. The molecule has 1 N–H and O–H groups in total. The highest BCUT2D eigenvalue weighted by Crippen LogP contribution is 2.20. The zero-order valence-electron chi connectivity index (χ0n) is 9.58. The van der Waals surface area contributed by atoms with E-state index in [-0.39, 0.29) is 11.7 Å². The Hall–Kier alpha value is -1.75. The van der Waals surface area contributed by atoms with Gasteiger partial charge in [0.1, 0.15) is 11.5 Å². The van der Waals surface area contributed by atoms with Crippen molar-refractivity contribution in [1.29, 1.82) is 0 Å². The third-order valence-electron chi connectivity index (χ3n) is 2.40. The zero-order chi connectivity index (χ0) is 13.1. The quantitative estimate of drug-likeness (QED) is 0.922. The molecule has 18 heavy (non-hydrogen) atoms. The van der Waals surface area contributed by atoms with Gasteiger partial charge >= 0.3 is 0 Å². The number of carbonyl (C=O) groups is 1. The Morgan fingerprint density at radius 3 is 2.83 bits per heavy atom. The number of rotatable bonds is 2. The summed E-state index contributed by atoms with van der Waals surface area (Å²) >= 11 is 3.06. The summed E-state index contributed by atoms with van der Waals surface area (Å²) < 4.78 is 13.4. The van der Waals surface area contributed by atoms with Crippen LogP contribution in [-0.4, -0.2) is 10.9 Å². The second kappa shape index (κ2) is 5.27. The van der Waals surface area contributed by atoms with Gasteiger partial charge in [-0.15, -0.1) is 0 Å². The molecule has 0 radical (unpaired) electrons. The molecule has 2 rings (SSSR count). The second-order valence-electron chi connectivity index (χ2n) is 3.75. The number of pyridine rings is 1. The van der Waals surface area contributed by atoms with Crippen molar-refractivity contribution >= 4 is 27.5 Å². The summed E-state index contributed by atoms with van der Waals surface area (Å²) in [7, 11) is 0. The summed E-state index contributed by atoms with van der Waals surface area (Å²) in [4.78, 5) is 16.0. The summed E-state index contributed by atoms with van der Waals surface area (Å²) in [6.07, 6.45) is 1.56. The van der Waals surface area contributed by atoms with Crippen molar-refractivity contribution in [3.8, 4) is 0 Å². The maximum atomic E-state index is 13.1. The molecule has 0 aliphatic carbocycles. The summed E-state index contributed by atoms with van der Waals surface area (Å²) in [5.74, 6) is -0.686. The minimum Gasteiger partial charge on any atom is -0.321 e. The zero-order valence-corrected chi connectivity index (χ0v) is 11.2. The van der Waals surface area contributed by atoms with Crippen LogP contribution in [0.25, 0.3) is 0 Å². The van der Waals surface area contributed by atoms with E-state index in [1.54, 1.807) is 12.3 Å². The molecular formula is C13H10BrFN2O. The SMILES string of the molecule is Cc1cccnc1C(=O)Nc1ccc(F)c(Br)c1. The summed E-state index contributed by atoms with van der Waals surface area (Å²) in [5, 5.41) is 2.67. The largest absolute Gasteiger partial charge is 0.321 e. The van der Waals surface area contributed by atoms with Crippen LogP contribution in [0.3, 0.4) is 0 Å².